The van der Waals surface area contributed by atoms with Crippen LogP contribution in [0.2, 0.25) is 0 Å². The maximum absolute atomic E-state index is 6.04. The first-order valence-electron chi connectivity index (χ1n) is 5.88. The van der Waals surface area contributed by atoms with Crippen molar-refractivity contribution in [2.75, 3.05) is 11.1 Å². The van der Waals surface area contributed by atoms with Crippen LogP contribution >= 0.6 is 11.3 Å². The summed E-state index contributed by atoms with van der Waals surface area (Å²) in [5.74, 6) is 0. The molecule has 0 aliphatic heterocycles. The van der Waals surface area contributed by atoms with Gasteiger partial charge in [0.1, 0.15) is 6.33 Å². The van der Waals surface area contributed by atoms with Crippen molar-refractivity contribution in [1.82, 2.24) is 15.0 Å². The maximum atomic E-state index is 6.04. The zero-order valence-corrected chi connectivity index (χ0v) is 11.2. The fraction of sp³-hybridized carbons (Fsp3) is 0.154. The number of nitrogen functional groups attached to an aromatic ring is 1. The van der Waals surface area contributed by atoms with E-state index in [1.807, 2.05) is 25.1 Å². The number of anilines is 2. The van der Waals surface area contributed by atoms with Crippen LogP contribution in [0.4, 0.5) is 11.4 Å². The highest BCUT2D eigenvalue weighted by atomic mass is 32.1. The van der Waals surface area contributed by atoms with E-state index >= 15 is 0 Å². The fourth-order valence-electron chi connectivity index (χ4n) is 1.87. The summed E-state index contributed by atoms with van der Waals surface area (Å²) in [6.45, 7) is 2.61. The quantitative estimate of drug-likeness (QED) is 0.716. The molecule has 0 aliphatic rings. The van der Waals surface area contributed by atoms with Gasteiger partial charge in [0.15, 0.2) is 0 Å². The van der Waals surface area contributed by atoms with Crippen LogP contribution in [0.5, 0.6) is 0 Å². The normalized spacial score (nSPS) is 10.8. The molecule has 0 saturated carbocycles. The Balaban J connectivity index is 1.86. The molecule has 0 fully saturated rings. The number of benzene rings is 1. The molecule has 0 unspecified atom stereocenters. The Hall–Kier alpha value is -2.21. The van der Waals surface area contributed by atoms with E-state index in [0.717, 1.165) is 32.3 Å². The van der Waals surface area contributed by atoms with Gasteiger partial charge in [0, 0.05) is 6.20 Å². The molecule has 6 heteroatoms. The van der Waals surface area contributed by atoms with Crippen molar-refractivity contribution in [2.45, 2.75) is 13.5 Å². The van der Waals surface area contributed by atoms with Crippen molar-refractivity contribution in [3.05, 3.63) is 41.4 Å². The SMILES string of the molecule is Cc1nc2cc(NCc3ccncn3)c(N)cc2s1. The second-order valence-corrected chi connectivity index (χ2v) is 5.43. The number of aromatic nitrogens is 3. The number of aryl methyl sites for hydroxylation is 1. The Bertz CT molecular complexity index is 708. The summed E-state index contributed by atoms with van der Waals surface area (Å²) in [6.07, 6.45) is 3.26. The molecule has 3 aromatic rings. The molecule has 3 rings (SSSR count). The molecule has 0 bridgehead atoms. The van der Waals surface area contributed by atoms with Gasteiger partial charge in [-0.3, -0.25) is 0 Å². The first-order valence-corrected chi connectivity index (χ1v) is 6.69. The highest BCUT2D eigenvalue weighted by molar-refractivity contribution is 7.18. The van der Waals surface area contributed by atoms with Crippen LogP contribution in [-0.2, 0) is 6.54 Å². The van der Waals surface area contributed by atoms with E-state index in [2.05, 4.69) is 20.3 Å². The van der Waals surface area contributed by atoms with E-state index in [-0.39, 0.29) is 0 Å². The van der Waals surface area contributed by atoms with Gasteiger partial charge in [0.25, 0.3) is 0 Å². The average molecular weight is 271 g/mol. The second kappa shape index (κ2) is 4.81. The zero-order valence-electron chi connectivity index (χ0n) is 10.4. The third-order valence-corrected chi connectivity index (χ3v) is 3.70. The van der Waals surface area contributed by atoms with Gasteiger partial charge in [0.2, 0.25) is 0 Å². The largest absolute Gasteiger partial charge is 0.397 e. The number of nitrogens with zero attached hydrogens (tertiary/aromatic N) is 3. The Kier molecular flexibility index (Phi) is 3.00. The predicted molar refractivity (Wildman–Crippen MR) is 78.1 cm³/mol. The summed E-state index contributed by atoms with van der Waals surface area (Å²) in [5.41, 5.74) is 9.55. The van der Waals surface area contributed by atoms with Crippen LogP contribution in [-0.4, -0.2) is 15.0 Å². The average Bonchev–Trinajstić information content (AvgIpc) is 2.76. The lowest BCUT2D eigenvalue weighted by molar-refractivity contribution is 1.01. The summed E-state index contributed by atoms with van der Waals surface area (Å²) >= 11 is 1.65. The van der Waals surface area contributed by atoms with E-state index in [0.29, 0.717) is 6.54 Å². The van der Waals surface area contributed by atoms with Crippen molar-refractivity contribution < 1.29 is 0 Å². The Morgan fingerprint density at radius 1 is 1.37 bits per heavy atom. The van der Waals surface area contributed by atoms with Crippen molar-refractivity contribution in [1.29, 1.82) is 0 Å². The Morgan fingerprint density at radius 3 is 3.05 bits per heavy atom. The van der Waals surface area contributed by atoms with E-state index in [1.165, 1.54) is 6.33 Å². The lowest BCUT2D eigenvalue weighted by Crippen LogP contribution is -2.04. The summed E-state index contributed by atoms with van der Waals surface area (Å²) in [4.78, 5) is 12.5. The van der Waals surface area contributed by atoms with Gasteiger partial charge in [-0.05, 0) is 25.1 Å². The van der Waals surface area contributed by atoms with Gasteiger partial charge < -0.3 is 11.1 Å². The molecule has 0 spiro atoms. The predicted octanol–water partition coefficient (Wildman–Crippen LogP) is 2.59. The van der Waals surface area contributed by atoms with Crippen LogP contribution < -0.4 is 11.1 Å². The third kappa shape index (κ3) is 2.48. The van der Waals surface area contributed by atoms with Gasteiger partial charge in [0.05, 0.1) is 38.8 Å². The summed E-state index contributed by atoms with van der Waals surface area (Å²) in [7, 11) is 0. The molecule has 2 aromatic heterocycles. The van der Waals surface area contributed by atoms with Crippen LogP contribution in [0.15, 0.2) is 30.7 Å². The Morgan fingerprint density at radius 2 is 2.26 bits per heavy atom. The topological polar surface area (TPSA) is 76.7 Å². The number of nitrogens with one attached hydrogen (secondary N) is 1. The first kappa shape index (κ1) is 11.9. The molecule has 1 aromatic carbocycles. The molecule has 2 heterocycles. The second-order valence-electron chi connectivity index (χ2n) is 4.19. The molecule has 5 nitrogen and oxygen atoms in total. The highest BCUT2D eigenvalue weighted by Gasteiger charge is 2.06. The number of nitrogens with two attached hydrogens (primary N) is 1. The number of hydrogen-bond acceptors (Lipinski definition) is 6. The number of rotatable bonds is 3. The molecule has 0 saturated heterocycles. The number of fused-ring (bicyclic) bond motifs is 1. The summed E-state index contributed by atoms with van der Waals surface area (Å²) in [6, 6.07) is 5.81. The summed E-state index contributed by atoms with van der Waals surface area (Å²) in [5, 5.41) is 4.32. The van der Waals surface area contributed by atoms with Crippen molar-refractivity contribution in [3.63, 3.8) is 0 Å². The molecule has 0 atom stereocenters. The minimum absolute atomic E-state index is 0.612. The van der Waals surface area contributed by atoms with Gasteiger partial charge in [-0.15, -0.1) is 11.3 Å². The van der Waals surface area contributed by atoms with E-state index in [9.17, 15) is 0 Å². The number of thiazole rings is 1. The van der Waals surface area contributed by atoms with Gasteiger partial charge in [-0.1, -0.05) is 0 Å². The third-order valence-electron chi connectivity index (χ3n) is 2.77. The van der Waals surface area contributed by atoms with Crippen molar-refractivity contribution >= 4 is 32.9 Å². The molecule has 0 amide bonds. The van der Waals surface area contributed by atoms with E-state index < -0.39 is 0 Å². The lowest BCUT2D eigenvalue weighted by atomic mass is 10.2. The molecule has 19 heavy (non-hydrogen) atoms. The van der Waals surface area contributed by atoms with Crippen LogP contribution in [0, 0.1) is 6.92 Å². The molecular weight excluding hydrogens is 258 g/mol. The molecule has 0 aliphatic carbocycles. The maximum Gasteiger partial charge on any atom is 0.115 e. The zero-order chi connectivity index (χ0) is 13.2. The Labute approximate surface area is 114 Å². The minimum Gasteiger partial charge on any atom is -0.397 e. The number of hydrogen-bond donors (Lipinski definition) is 2. The van der Waals surface area contributed by atoms with Crippen LogP contribution in [0.25, 0.3) is 10.2 Å². The highest BCUT2D eigenvalue weighted by Crippen LogP contribution is 2.29. The summed E-state index contributed by atoms with van der Waals surface area (Å²) < 4.78 is 1.11. The van der Waals surface area contributed by atoms with Crippen LogP contribution in [0.3, 0.4) is 0 Å². The van der Waals surface area contributed by atoms with Crippen LogP contribution in [0.1, 0.15) is 10.7 Å². The minimum atomic E-state index is 0.612. The van der Waals surface area contributed by atoms with Crippen molar-refractivity contribution in [3.8, 4) is 0 Å². The molecule has 96 valence electrons. The first-order chi connectivity index (χ1) is 9.22. The molecule has 3 N–H and O–H groups in total. The molecular formula is C13H13N5S. The molecule has 0 radical (unpaired) electrons. The van der Waals surface area contributed by atoms with E-state index in [1.54, 1.807) is 17.5 Å². The van der Waals surface area contributed by atoms with Gasteiger partial charge in [-0.25, -0.2) is 15.0 Å². The van der Waals surface area contributed by atoms with Gasteiger partial charge >= 0.3 is 0 Å². The van der Waals surface area contributed by atoms with E-state index in [4.69, 9.17) is 5.73 Å². The monoisotopic (exact) mass is 271 g/mol. The lowest BCUT2D eigenvalue weighted by Gasteiger charge is -2.08. The standard InChI is InChI=1S/C13H13N5S/c1-8-18-12-5-11(10(14)4-13(12)19-8)16-6-9-2-3-15-7-17-9/h2-5,7,16H,6,14H2,1H3. The fourth-order valence-corrected chi connectivity index (χ4v) is 2.72. The smallest absolute Gasteiger partial charge is 0.115 e. The van der Waals surface area contributed by atoms with Gasteiger partial charge in [-0.2, -0.15) is 0 Å². The van der Waals surface area contributed by atoms with Crippen molar-refractivity contribution in [2.24, 2.45) is 0 Å².